The molecule has 1 atom stereocenters. The van der Waals surface area contributed by atoms with Gasteiger partial charge in [0.05, 0.1) is 0 Å². The molecule has 0 heterocycles. The van der Waals surface area contributed by atoms with Crippen LogP contribution < -0.4 is 10.6 Å². The molecular weight excluding hydrogens is 338 g/mol. The van der Waals surface area contributed by atoms with Crippen LogP contribution in [0.1, 0.15) is 31.4 Å². The fraction of sp³-hybridized carbons (Fsp3) is 0.500. The summed E-state index contributed by atoms with van der Waals surface area (Å²) in [5.74, 6) is -1.37. The van der Waals surface area contributed by atoms with Gasteiger partial charge in [-0.05, 0) is 36.2 Å². The summed E-state index contributed by atoms with van der Waals surface area (Å²) in [5.41, 5.74) is 2.34. The second-order valence-corrected chi connectivity index (χ2v) is 6.73. The van der Waals surface area contributed by atoms with Crippen molar-refractivity contribution in [3.05, 3.63) is 35.4 Å². The average molecular weight is 365 g/mol. The Labute approximate surface area is 154 Å². The number of nitrogens with zero attached hydrogens (tertiary/aromatic N) is 1. The Bertz CT molecular complexity index is 619. The minimum absolute atomic E-state index is 0.156. The second-order valence-electron chi connectivity index (χ2n) is 6.32. The number of benzene rings is 1. The molecule has 1 amide bonds. The highest BCUT2D eigenvalue weighted by atomic mass is 32.1. The molecule has 6 nitrogen and oxygen atoms in total. The van der Waals surface area contributed by atoms with Crippen LogP contribution in [0.15, 0.2) is 24.3 Å². The number of thiocarbonyl (C=S) groups is 1. The monoisotopic (exact) mass is 365 g/mol. The highest BCUT2D eigenvalue weighted by Gasteiger charge is 2.28. The van der Waals surface area contributed by atoms with Crippen LogP contribution >= 0.6 is 12.2 Å². The van der Waals surface area contributed by atoms with Crippen LogP contribution in [0, 0.1) is 12.8 Å². The van der Waals surface area contributed by atoms with Crippen molar-refractivity contribution < 1.29 is 14.7 Å². The first-order valence-corrected chi connectivity index (χ1v) is 8.69. The Hall–Kier alpha value is -2.15. The fourth-order valence-electron chi connectivity index (χ4n) is 2.56. The molecule has 1 aromatic carbocycles. The Morgan fingerprint density at radius 2 is 1.88 bits per heavy atom. The summed E-state index contributed by atoms with van der Waals surface area (Å²) in [4.78, 5) is 24.7. The molecular formula is C18H27N3O3S. The Balaban J connectivity index is 2.38. The maximum atomic E-state index is 12.2. The maximum absolute atomic E-state index is 12.2. The van der Waals surface area contributed by atoms with Gasteiger partial charge in [0.15, 0.2) is 5.11 Å². The van der Waals surface area contributed by atoms with Gasteiger partial charge in [-0.15, -0.1) is 0 Å². The molecule has 25 heavy (non-hydrogen) atoms. The summed E-state index contributed by atoms with van der Waals surface area (Å²) in [7, 11) is 1.52. The Kier molecular flexibility index (Phi) is 8.34. The number of carboxylic acids is 1. The predicted molar refractivity (Wildman–Crippen MR) is 102 cm³/mol. The molecule has 0 aromatic heterocycles. The molecule has 0 saturated carbocycles. The van der Waals surface area contributed by atoms with Crippen molar-refractivity contribution in [3.8, 4) is 0 Å². The standard InChI is InChI=1S/C18H27N3O3S/c1-12(2)16(17(23)24)21(4)15(22)9-10-19-18(25)20-11-14-8-6-5-7-13(14)3/h5-8,12,16H,9-11H2,1-4H3,(H,23,24)(H2,19,20,25)/t16-/m0/s1. The van der Waals surface area contributed by atoms with E-state index in [0.29, 0.717) is 18.2 Å². The molecule has 1 rings (SSSR count). The van der Waals surface area contributed by atoms with E-state index in [9.17, 15) is 14.7 Å². The minimum Gasteiger partial charge on any atom is -0.480 e. The zero-order valence-corrected chi connectivity index (χ0v) is 16.0. The lowest BCUT2D eigenvalue weighted by Crippen LogP contribution is -2.46. The van der Waals surface area contributed by atoms with Crippen LogP contribution in [-0.4, -0.2) is 46.6 Å². The Morgan fingerprint density at radius 1 is 1.24 bits per heavy atom. The molecule has 0 fully saturated rings. The second kappa shape index (κ2) is 9.98. The van der Waals surface area contributed by atoms with Crippen molar-refractivity contribution in [1.82, 2.24) is 15.5 Å². The average Bonchev–Trinajstić information content (AvgIpc) is 2.53. The molecule has 0 bridgehead atoms. The van der Waals surface area contributed by atoms with Crippen LogP contribution in [0.25, 0.3) is 0 Å². The summed E-state index contributed by atoms with van der Waals surface area (Å²) in [5, 5.41) is 15.8. The smallest absolute Gasteiger partial charge is 0.326 e. The lowest BCUT2D eigenvalue weighted by atomic mass is 10.0. The highest BCUT2D eigenvalue weighted by molar-refractivity contribution is 7.80. The van der Waals surface area contributed by atoms with Crippen LogP contribution in [-0.2, 0) is 16.1 Å². The number of amides is 1. The lowest BCUT2D eigenvalue weighted by Gasteiger charge is -2.27. The Morgan fingerprint density at radius 3 is 2.44 bits per heavy atom. The van der Waals surface area contributed by atoms with E-state index < -0.39 is 12.0 Å². The predicted octanol–water partition coefficient (Wildman–Crippen LogP) is 1.92. The van der Waals surface area contributed by atoms with E-state index in [0.717, 1.165) is 5.56 Å². The van der Waals surface area contributed by atoms with E-state index in [4.69, 9.17) is 12.2 Å². The van der Waals surface area contributed by atoms with Gasteiger partial charge >= 0.3 is 5.97 Å². The number of carbonyl (C=O) groups excluding carboxylic acids is 1. The fourth-order valence-corrected chi connectivity index (χ4v) is 2.73. The van der Waals surface area contributed by atoms with Crippen molar-refractivity contribution in [2.24, 2.45) is 5.92 Å². The van der Waals surface area contributed by atoms with E-state index in [1.165, 1.54) is 17.5 Å². The molecule has 0 unspecified atom stereocenters. The number of aryl methyl sites for hydroxylation is 1. The van der Waals surface area contributed by atoms with E-state index in [2.05, 4.69) is 10.6 Å². The molecule has 3 N–H and O–H groups in total. The van der Waals surface area contributed by atoms with E-state index >= 15 is 0 Å². The van der Waals surface area contributed by atoms with Crippen molar-refractivity contribution in [2.45, 2.75) is 39.8 Å². The summed E-state index contributed by atoms with van der Waals surface area (Å²) in [6, 6.07) is 7.21. The van der Waals surface area contributed by atoms with Gasteiger partial charge in [0.25, 0.3) is 0 Å². The largest absolute Gasteiger partial charge is 0.480 e. The third-order valence-corrected chi connectivity index (χ3v) is 4.31. The number of hydrogen-bond acceptors (Lipinski definition) is 3. The van der Waals surface area contributed by atoms with Crippen molar-refractivity contribution in [2.75, 3.05) is 13.6 Å². The number of likely N-dealkylation sites (N-methyl/N-ethyl adjacent to an activating group) is 1. The van der Waals surface area contributed by atoms with Crippen LogP contribution in [0.3, 0.4) is 0 Å². The van der Waals surface area contributed by atoms with Crippen LogP contribution in [0.5, 0.6) is 0 Å². The van der Waals surface area contributed by atoms with Crippen molar-refractivity contribution >= 4 is 29.2 Å². The number of nitrogens with one attached hydrogen (secondary N) is 2. The minimum atomic E-state index is -0.991. The molecule has 1 aromatic rings. The molecule has 0 saturated heterocycles. The molecule has 0 aliphatic heterocycles. The molecule has 0 aliphatic rings. The van der Waals surface area contributed by atoms with Crippen LogP contribution in [0.2, 0.25) is 0 Å². The lowest BCUT2D eigenvalue weighted by molar-refractivity contribution is -0.150. The van der Waals surface area contributed by atoms with Crippen molar-refractivity contribution in [3.63, 3.8) is 0 Å². The van der Waals surface area contributed by atoms with E-state index in [1.54, 1.807) is 13.8 Å². The summed E-state index contributed by atoms with van der Waals surface area (Å²) < 4.78 is 0. The highest BCUT2D eigenvalue weighted by Crippen LogP contribution is 2.10. The van der Waals surface area contributed by atoms with Crippen LogP contribution in [0.4, 0.5) is 0 Å². The van der Waals surface area contributed by atoms with E-state index in [-0.39, 0.29) is 18.2 Å². The number of aliphatic carboxylic acids is 1. The van der Waals surface area contributed by atoms with Gasteiger partial charge in [-0.25, -0.2) is 4.79 Å². The summed E-state index contributed by atoms with van der Waals surface area (Å²) in [6.07, 6.45) is 0.180. The van der Waals surface area contributed by atoms with Gasteiger partial charge in [-0.1, -0.05) is 38.1 Å². The van der Waals surface area contributed by atoms with Gasteiger partial charge in [0.2, 0.25) is 5.91 Å². The summed E-state index contributed by atoms with van der Waals surface area (Å²) in [6.45, 7) is 6.57. The number of carboxylic acid groups (broad SMARTS) is 1. The zero-order valence-electron chi connectivity index (χ0n) is 15.2. The van der Waals surface area contributed by atoms with Gasteiger partial charge in [0, 0.05) is 26.6 Å². The third-order valence-electron chi connectivity index (χ3n) is 4.02. The molecule has 7 heteroatoms. The molecule has 138 valence electrons. The van der Waals surface area contributed by atoms with Gasteiger partial charge in [-0.2, -0.15) is 0 Å². The normalized spacial score (nSPS) is 11.7. The topological polar surface area (TPSA) is 81.7 Å². The quantitative estimate of drug-likeness (QED) is 0.611. The number of rotatable bonds is 8. The number of carbonyl (C=O) groups is 2. The molecule has 0 spiro atoms. The van der Waals surface area contributed by atoms with Gasteiger partial charge in [0.1, 0.15) is 6.04 Å². The first kappa shape index (κ1) is 20.9. The maximum Gasteiger partial charge on any atom is 0.326 e. The molecule has 0 aliphatic carbocycles. The number of hydrogen-bond donors (Lipinski definition) is 3. The third kappa shape index (κ3) is 6.70. The summed E-state index contributed by atoms with van der Waals surface area (Å²) >= 11 is 5.21. The van der Waals surface area contributed by atoms with Crippen molar-refractivity contribution in [1.29, 1.82) is 0 Å². The zero-order chi connectivity index (χ0) is 19.0. The van der Waals surface area contributed by atoms with Gasteiger partial charge < -0.3 is 20.6 Å². The van der Waals surface area contributed by atoms with E-state index in [1.807, 2.05) is 31.2 Å². The molecule has 0 radical (unpaired) electrons. The first-order chi connectivity index (χ1) is 11.7. The van der Waals surface area contributed by atoms with Gasteiger partial charge in [-0.3, -0.25) is 4.79 Å². The SMILES string of the molecule is Cc1ccccc1CNC(=S)NCCC(=O)N(C)[C@H](C(=O)O)C(C)C. The first-order valence-electron chi connectivity index (χ1n) is 8.28.